The summed E-state index contributed by atoms with van der Waals surface area (Å²) in [5.41, 5.74) is 0. The van der Waals surface area contributed by atoms with E-state index in [-0.39, 0.29) is 0 Å². The van der Waals surface area contributed by atoms with Crippen molar-refractivity contribution in [2.75, 3.05) is 26.1 Å². The van der Waals surface area contributed by atoms with E-state index in [1.807, 2.05) is 32.9 Å². The van der Waals surface area contributed by atoms with E-state index in [4.69, 9.17) is 13.3 Å². The second kappa shape index (κ2) is 7.96. The molecule has 0 aliphatic carbocycles. The zero-order valence-electron chi connectivity index (χ0n) is 11.6. The van der Waals surface area contributed by atoms with E-state index in [1.165, 1.54) is 4.90 Å². The molecule has 0 bridgehead atoms. The van der Waals surface area contributed by atoms with Gasteiger partial charge in [0.05, 0.1) is 0 Å². The molecule has 0 unspecified atom stereocenters. The Kier molecular flexibility index (Phi) is 6.96. The third-order valence-electron chi connectivity index (χ3n) is 2.43. The molecular weight excluding hydrogens is 264 g/mol. The predicted octanol–water partition coefficient (Wildman–Crippen LogP) is 2.66. The largest absolute Gasteiger partial charge is 0.537 e. The first-order chi connectivity index (χ1) is 8.72. The number of hydrogen-bond acceptors (Lipinski definition) is 4. The molecule has 1 rings (SSSR count). The van der Waals surface area contributed by atoms with E-state index in [0.29, 0.717) is 19.8 Å². The Balaban J connectivity index is 3.12. The fraction of sp³-hybridized carbons (Fsp3) is 0.538. The Morgan fingerprint density at radius 3 is 2.00 bits per heavy atom. The van der Waals surface area contributed by atoms with Crippen LogP contribution < -0.4 is 5.19 Å². The molecule has 0 atom stereocenters. The van der Waals surface area contributed by atoms with Crippen LogP contribution in [-0.4, -0.2) is 34.9 Å². The SMILES string of the molecule is CCO[Si](OCC)(OCC)c1cccc(SC)c1. The number of thioether (sulfide) groups is 1. The van der Waals surface area contributed by atoms with E-state index in [1.54, 1.807) is 11.8 Å². The van der Waals surface area contributed by atoms with Crippen LogP contribution in [-0.2, 0) is 13.3 Å². The summed E-state index contributed by atoms with van der Waals surface area (Å²) in [5.74, 6) is 0. The third kappa shape index (κ3) is 3.83. The van der Waals surface area contributed by atoms with E-state index in [0.717, 1.165) is 5.19 Å². The molecule has 1 aromatic rings. The summed E-state index contributed by atoms with van der Waals surface area (Å²) in [5, 5.41) is 1.04. The molecule has 0 aromatic heterocycles. The highest BCUT2D eigenvalue weighted by Crippen LogP contribution is 2.16. The molecule has 0 aliphatic rings. The Morgan fingerprint density at radius 1 is 1.00 bits per heavy atom. The highest BCUT2D eigenvalue weighted by molar-refractivity contribution is 7.98. The lowest BCUT2D eigenvalue weighted by Crippen LogP contribution is -2.56. The normalized spacial score (nSPS) is 11.8. The number of hydrogen-bond donors (Lipinski definition) is 0. The van der Waals surface area contributed by atoms with Crippen molar-refractivity contribution in [1.29, 1.82) is 0 Å². The molecule has 0 spiro atoms. The fourth-order valence-corrected chi connectivity index (χ4v) is 4.85. The summed E-state index contributed by atoms with van der Waals surface area (Å²) in [7, 11) is -2.73. The van der Waals surface area contributed by atoms with Gasteiger partial charge in [0.25, 0.3) is 0 Å². The molecule has 0 fully saturated rings. The molecule has 0 radical (unpaired) electrons. The smallest absolute Gasteiger partial charge is 0.370 e. The lowest BCUT2D eigenvalue weighted by atomic mass is 10.4. The summed E-state index contributed by atoms with van der Waals surface area (Å²) >= 11 is 1.71. The van der Waals surface area contributed by atoms with Crippen LogP contribution >= 0.6 is 11.8 Å². The van der Waals surface area contributed by atoms with Crippen molar-refractivity contribution in [2.24, 2.45) is 0 Å². The van der Waals surface area contributed by atoms with Gasteiger partial charge in [-0.3, -0.25) is 0 Å². The monoisotopic (exact) mass is 286 g/mol. The zero-order valence-corrected chi connectivity index (χ0v) is 13.4. The van der Waals surface area contributed by atoms with Crippen LogP contribution in [0.1, 0.15) is 20.8 Å². The van der Waals surface area contributed by atoms with E-state index in [2.05, 4.69) is 18.4 Å². The second-order valence-corrected chi connectivity index (χ2v) is 7.02. The highest BCUT2D eigenvalue weighted by atomic mass is 32.2. The van der Waals surface area contributed by atoms with Gasteiger partial charge in [0.15, 0.2) is 0 Å². The lowest BCUT2D eigenvalue weighted by molar-refractivity contribution is 0.0858. The molecule has 102 valence electrons. The van der Waals surface area contributed by atoms with Gasteiger partial charge in [-0.05, 0) is 39.2 Å². The topological polar surface area (TPSA) is 27.7 Å². The van der Waals surface area contributed by atoms with Crippen molar-refractivity contribution < 1.29 is 13.3 Å². The number of benzene rings is 1. The quantitative estimate of drug-likeness (QED) is 0.542. The minimum absolute atomic E-state index is 0.593. The Labute approximate surface area is 115 Å². The van der Waals surface area contributed by atoms with E-state index in [9.17, 15) is 0 Å². The van der Waals surface area contributed by atoms with Crippen molar-refractivity contribution in [3.05, 3.63) is 24.3 Å². The Hall–Kier alpha value is -0.333. The van der Waals surface area contributed by atoms with E-state index < -0.39 is 8.80 Å². The minimum atomic E-state index is -2.73. The molecule has 0 heterocycles. The minimum Gasteiger partial charge on any atom is -0.370 e. The fourth-order valence-electron chi connectivity index (χ4n) is 1.76. The first-order valence-corrected chi connectivity index (χ1v) is 9.23. The maximum Gasteiger partial charge on any atom is 0.537 e. The number of rotatable bonds is 8. The predicted molar refractivity (Wildman–Crippen MR) is 78.5 cm³/mol. The molecule has 3 nitrogen and oxygen atoms in total. The lowest BCUT2D eigenvalue weighted by Gasteiger charge is -2.28. The van der Waals surface area contributed by atoms with E-state index >= 15 is 0 Å². The summed E-state index contributed by atoms with van der Waals surface area (Å²) in [6.45, 7) is 7.69. The van der Waals surface area contributed by atoms with Gasteiger partial charge in [0.2, 0.25) is 0 Å². The summed E-state index contributed by atoms with van der Waals surface area (Å²) in [6, 6.07) is 8.25. The molecule has 0 amide bonds. The molecule has 0 N–H and O–H groups in total. The Bertz CT molecular complexity index is 343. The maximum absolute atomic E-state index is 5.88. The van der Waals surface area contributed by atoms with Gasteiger partial charge in [0.1, 0.15) is 0 Å². The maximum atomic E-state index is 5.88. The Morgan fingerprint density at radius 2 is 1.56 bits per heavy atom. The van der Waals surface area contributed by atoms with Crippen molar-refractivity contribution in [3.8, 4) is 0 Å². The summed E-state index contributed by atoms with van der Waals surface area (Å²) in [4.78, 5) is 1.20. The zero-order chi connectivity index (χ0) is 13.4. The average molecular weight is 286 g/mol. The van der Waals surface area contributed by atoms with Crippen LogP contribution in [0, 0.1) is 0 Å². The van der Waals surface area contributed by atoms with Gasteiger partial charge >= 0.3 is 8.80 Å². The van der Waals surface area contributed by atoms with Crippen molar-refractivity contribution in [3.63, 3.8) is 0 Å². The van der Waals surface area contributed by atoms with Crippen LogP contribution in [0.5, 0.6) is 0 Å². The van der Waals surface area contributed by atoms with Crippen LogP contribution in [0.3, 0.4) is 0 Å². The standard InChI is InChI=1S/C13H22O3SSi/c1-5-14-18(15-6-2,16-7-3)13-10-8-9-12(11-13)17-4/h8-11H,5-7H2,1-4H3. The summed E-state index contributed by atoms with van der Waals surface area (Å²) < 4.78 is 17.6. The third-order valence-corrected chi connectivity index (χ3v) is 6.18. The van der Waals surface area contributed by atoms with Crippen molar-refractivity contribution >= 4 is 25.8 Å². The van der Waals surface area contributed by atoms with Gasteiger partial charge < -0.3 is 13.3 Å². The second-order valence-electron chi connectivity index (χ2n) is 3.59. The molecule has 0 saturated heterocycles. The van der Waals surface area contributed by atoms with Gasteiger partial charge in [-0.1, -0.05) is 12.1 Å². The molecule has 1 aromatic carbocycles. The van der Waals surface area contributed by atoms with Crippen LogP contribution in [0.15, 0.2) is 29.2 Å². The molecule has 5 heteroatoms. The average Bonchev–Trinajstić information content (AvgIpc) is 2.39. The van der Waals surface area contributed by atoms with Crippen molar-refractivity contribution in [2.45, 2.75) is 25.7 Å². The molecule has 18 heavy (non-hydrogen) atoms. The van der Waals surface area contributed by atoms with Crippen LogP contribution in [0.4, 0.5) is 0 Å². The summed E-state index contributed by atoms with van der Waals surface area (Å²) in [6.07, 6.45) is 2.06. The molecule has 0 saturated carbocycles. The molecule has 0 aliphatic heterocycles. The van der Waals surface area contributed by atoms with Gasteiger partial charge in [0, 0.05) is 29.9 Å². The van der Waals surface area contributed by atoms with Crippen LogP contribution in [0.25, 0.3) is 0 Å². The highest BCUT2D eigenvalue weighted by Gasteiger charge is 2.43. The first-order valence-electron chi connectivity index (χ1n) is 6.28. The molecular formula is C13H22O3SSi. The van der Waals surface area contributed by atoms with Gasteiger partial charge in [-0.2, -0.15) is 0 Å². The van der Waals surface area contributed by atoms with Crippen LogP contribution in [0.2, 0.25) is 0 Å². The van der Waals surface area contributed by atoms with Crippen molar-refractivity contribution in [1.82, 2.24) is 0 Å². The van der Waals surface area contributed by atoms with Gasteiger partial charge in [-0.25, -0.2) is 0 Å². The van der Waals surface area contributed by atoms with Gasteiger partial charge in [-0.15, -0.1) is 11.8 Å². The first kappa shape index (κ1) is 15.7.